The van der Waals surface area contributed by atoms with Gasteiger partial charge in [-0.15, -0.1) is 0 Å². The summed E-state index contributed by atoms with van der Waals surface area (Å²) in [7, 11) is 2.08. The van der Waals surface area contributed by atoms with E-state index in [1.807, 2.05) is 12.1 Å². The lowest BCUT2D eigenvalue weighted by Crippen LogP contribution is -2.21. The third-order valence-electron chi connectivity index (χ3n) is 3.43. The summed E-state index contributed by atoms with van der Waals surface area (Å²) in [4.78, 5) is 6.57. The standard InChI is InChI=1S/C13H20N2O/c1-9-6-12(9)8-15(3)13-5-4-11(7-14-13)10(2)16/h4-5,7,9-10,12,16H,6,8H2,1-3H3/t9?,10-,12?/m1/s1. The summed E-state index contributed by atoms with van der Waals surface area (Å²) in [6.45, 7) is 5.14. The number of rotatable bonds is 4. The van der Waals surface area contributed by atoms with Crippen LogP contribution in [0.5, 0.6) is 0 Å². The van der Waals surface area contributed by atoms with Crippen molar-refractivity contribution in [1.82, 2.24) is 4.98 Å². The molecule has 2 rings (SSSR count). The molecule has 3 heteroatoms. The van der Waals surface area contributed by atoms with Crippen molar-refractivity contribution in [2.45, 2.75) is 26.4 Å². The maximum absolute atomic E-state index is 9.39. The SMILES string of the molecule is CC1CC1CN(C)c1ccc([C@@H](C)O)cn1. The molecule has 16 heavy (non-hydrogen) atoms. The van der Waals surface area contributed by atoms with Crippen LogP contribution in [0.25, 0.3) is 0 Å². The molecule has 3 nitrogen and oxygen atoms in total. The Morgan fingerprint density at radius 1 is 1.56 bits per heavy atom. The largest absolute Gasteiger partial charge is 0.389 e. The summed E-state index contributed by atoms with van der Waals surface area (Å²) in [6, 6.07) is 3.93. The highest BCUT2D eigenvalue weighted by atomic mass is 16.3. The number of aliphatic hydroxyl groups excluding tert-OH is 1. The van der Waals surface area contributed by atoms with Gasteiger partial charge in [0.05, 0.1) is 6.10 Å². The smallest absolute Gasteiger partial charge is 0.128 e. The van der Waals surface area contributed by atoms with Crippen molar-refractivity contribution >= 4 is 5.82 Å². The average Bonchev–Trinajstić information content (AvgIpc) is 2.94. The molecule has 2 unspecified atom stereocenters. The van der Waals surface area contributed by atoms with Gasteiger partial charge in [0.15, 0.2) is 0 Å². The normalized spacial score (nSPS) is 25.2. The van der Waals surface area contributed by atoms with Gasteiger partial charge in [0.1, 0.15) is 5.82 Å². The monoisotopic (exact) mass is 220 g/mol. The van der Waals surface area contributed by atoms with Crippen LogP contribution in [0.3, 0.4) is 0 Å². The number of nitrogens with zero attached hydrogens (tertiary/aromatic N) is 2. The van der Waals surface area contributed by atoms with E-state index in [4.69, 9.17) is 0 Å². The van der Waals surface area contributed by atoms with E-state index in [0.717, 1.165) is 29.8 Å². The first-order valence-corrected chi connectivity index (χ1v) is 5.93. The highest BCUT2D eigenvalue weighted by molar-refractivity contribution is 5.39. The topological polar surface area (TPSA) is 36.4 Å². The van der Waals surface area contributed by atoms with Gasteiger partial charge >= 0.3 is 0 Å². The van der Waals surface area contributed by atoms with Crippen molar-refractivity contribution in [2.75, 3.05) is 18.5 Å². The summed E-state index contributed by atoms with van der Waals surface area (Å²) in [6.07, 6.45) is 2.67. The number of pyridine rings is 1. The molecule has 0 radical (unpaired) electrons. The fraction of sp³-hybridized carbons (Fsp3) is 0.615. The molecule has 3 atom stereocenters. The van der Waals surface area contributed by atoms with E-state index in [2.05, 4.69) is 23.9 Å². The zero-order chi connectivity index (χ0) is 11.7. The number of aromatic nitrogens is 1. The van der Waals surface area contributed by atoms with E-state index >= 15 is 0 Å². The second-order valence-corrected chi connectivity index (χ2v) is 4.98. The van der Waals surface area contributed by atoms with E-state index in [9.17, 15) is 5.11 Å². The lowest BCUT2D eigenvalue weighted by Gasteiger charge is -2.18. The van der Waals surface area contributed by atoms with Crippen molar-refractivity contribution in [3.05, 3.63) is 23.9 Å². The summed E-state index contributed by atoms with van der Waals surface area (Å²) in [5.74, 6) is 2.70. The molecule has 1 N–H and O–H groups in total. The molecule has 1 aromatic rings. The maximum atomic E-state index is 9.39. The van der Waals surface area contributed by atoms with E-state index < -0.39 is 6.10 Å². The predicted octanol–water partition coefficient (Wildman–Crippen LogP) is 2.23. The fourth-order valence-electron chi connectivity index (χ4n) is 1.97. The summed E-state index contributed by atoms with van der Waals surface area (Å²) < 4.78 is 0. The molecule has 1 aromatic heterocycles. The van der Waals surface area contributed by atoms with E-state index in [0.29, 0.717) is 0 Å². The maximum Gasteiger partial charge on any atom is 0.128 e. The number of anilines is 1. The first kappa shape index (κ1) is 11.4. The summed E-state index contributed by atoms with van der Waals surface area (Å²) >= 11 is 0. The summed E-state index contributed by atoms with van der Waals surface area (Å²) in [5.41, 5.74) is 0.872. The van der Waals surface area contributed by atoms with Crippen LogP contribution in [0.2, 0.25) is 0 Å². The molecule has 1 heterocycles. The second-order valence-electron chi connectivity index (χ2n) is 4.98. The van der Waals surface area contributed by atoms with E-state index in [1.165, 1.54) is 6.42 Å². The first-order valence-electron chi connectivity index (χ1n) is 5.93. The second kappa shape index (κ2) is 4.42. The van der Waals surface area contributed by atoms with Gasteiger partial charge in [0.2, 0.25) is 0 Å². The van der Waals surface area contributed by atoms with E-state index in [1.54, 1.807) is 13.1 Å². The van der Waals surface area contributed by atoms with Crippen LogP contribution in [0.1, 0.15) is 31.9 Å². The third-order valence-corrected chi connectivity index (χ3v) is 3.43. The Bertz CT molecular complexity index is 347. The van der Waals surface area contributed by atoms with Gasteiger partial charge in [-0.2, -0.15) is 0 Å². The van der Waals surface area contributed by atoms with Crippen LogP contribution in [0, 0.1) is 11.8 Å². The molecule has 0 amide bonds. The van der Waals surface area contributed by atoms with Gasteiger partial charge in [-0.3, -0.25) is 0 Å². The van der Waals surface area contributed by atoms with E-state index in [-0.39, 0.29) is 0 Å². The highest BCUT2D eigenvalue weighted by Crippen LogP contribution is 2.38. The Morgan fingerprint density at radius 3 is 2.69 bits per heavy atom. The number of hydrogen-bond donors (Lipinski definition) is 1. The minimum absolute atomic E-state index is 0.435. The van der Waals surface area contributed by atoms with Crippen LogP contribution in [0.15, 0.2) is 18.3 Å². The van der Waals surface area contributed by atoms with Gasteiger partial charge in [-0.05, 0) is 36.8 Å². The third kappa shape index (κ3) is 2.53. The highest BCUT2D eigenvalue weighted by Gasteiger charge is 2.33. The minimum Gasteiger partial charge on any atom is -0.389 e. The molecule has 0 saturated heterocycles. The van der Waals surface area contributed by atoms with Gasteiger partial charge < -0.3 is 10.0 Å². The molecule has 0 spiro atoms. The Kier molecular flexibility index (Phi) is 3.15. The summed E-state index contributed by atoms with van der Waals surface area (Å²) in [5, 5.41) is 9.39. The van der Waals surface area contributed by atoms with Crippen molar-refractivity contribution in [2.24, 2.45) is 11.8 Å². The molecule has 1 aliphatic carbocycles. The van der Waals surface area contributed by atoms with Gasteiger partial charge in [0, 0.05) is 19.8 Å². The van der Waals surface area contributed by atoms with Crippen LogP contribution in [-0.4, -0.2) is 23.7 Å². The van der Waals surface area contributed by atoms with Crippen LogP contribution in [0.4, 0.5) is 5.82 Å². The molecular weight excluding hydrogens is 200 g/mol. The molecule has 0 bridgehead atoms. The lowest BCUT2D eigenvalue weighted by molar-refractivity contribution is 0.199. The quantitative estimate of drug-likeness (QED) is 0.845. The van der Waals surface area contributed by atoms with Gasteiger partial charge in [-0.25, -0.2) is 4.98 Å². The zero-order valence-corrected chi connectivity index (χ0v) is 10.2. The molecule has 1 aliphatic rings. The van der Waals surface area contributed by atoms with Crippen molar-refractivity contribution in [3.8, 4) is 0 Å². The molecular formula is C13H20N2O. The van der Waals surface area contributed by atoms with Crippen molar-refractivity contribution < 1.29 is 5.11 Å². The van der Waals surface area contributed by atoms with Gasteiger partial charge in [-0.1, -0.05) is 13.0 Å². The van der Waals surface area contributed by atoms with Crippen LogP contribution in [-0.2, 0) is 0 Å². The molecule has 0 aromatic carbocycles. The average molecular weight is 220 g/mol. The van der Waals surface area contributed by atoms with Gasteiger partial charge in [0.25, 0.3) is 0 Å². The Labute approximate surface area is 97.1 Å². The molecule has 1 saturated carbocycles. The Balaban J connectivity index is 1.97. The fourth-order valence-corrected chi connectivity index (χ4v) is 1.97. The van der Waals surface area contributed by atoms with Crippen LogP contribution >= 0.6 is 0 Å². The Morgan fingerprint density at radius 2 is 2.25 bits per heavy atom. The van der Waals surface area contributed by atoms with Crippen LogP contribution < -0.4 is 4.90 Å². The van der Waals surface area contributed by atoms with Crippen molar-refractivity contribution in [3.63, 3.8) is 0 Å². The lowest BCUT2D eigenvalue weighted by atomic mass is 10.2. The molecule has 88 valence electrons. The van der Waals surface area contributed by atoms with Crippen molar-refractivity contribution in [1.29, 1.82) is 0 Å². The number of aliphatic hydroxyl groups is 1. The minimum atomic E-state index is -0.435. The number of hydrogen-bond acceptors (Lipinski definition) is 3. The zero-order valence-electron chi connectivity index (χ0n) is 10.2. The molecule has 1 fully saturated rings. The first-order chi connectivity index (χ1) is 7.58. The molecule has 0 aliphatic heterocycles. The predicted molar refractivity (Wildman–Crippen MR) is 65.4 cm³/mol. The Hall–Kier alpha value is -1.09.